The molecule has 164 valence electrons. The Morgan fingerprint density at radius 2 is 1.90 bits per heavy atom. The van der Waals surface area contributed by atoms with Gasteiger partial charge in [0.2, 0.25) is 11.7 Å². The maximum atomic E-state index is 13.5. The number of amides is 1. The molecule has 8 heteroatoms. The fourth-order valence-corrected chi connectivity index (χ4v) is 4.75. The second kappa shape index (κ2) is 9.53. The van der Waals surface area contributed by atoms with Crippen molar-refractivity contribution in [2.75, 3.05) is 39.4 Å². The molecule has 1 fully saturated rings. The van der Waals surface area contributed by atoms with Crippen LogP contribution in [0, 0.1) is 0 Å². The number of hydrogen-bond acceptors (Lipinski definition) is 7. The number of rotatable bonds is 8. The highest BCUT2D eigenvalue weighted by molar-refractivity contribution is 7.22. The van der Waals surface area contributed by atoms with E-state index in [2.05, 4.69) is 0 Å². The Balaban J connectivity index is 1.64. The average Bonchev–Trinajstić information content (AvgIpc) is 3.45. The van der Waals surface area contributed by atoms with E-state index >= 15 is 0 Å². The quantitative estimate of drug-likeness (QED) is 0.524. The molecule has 0 N–H and O–H groups in total. The molecule has 1 atom stereocenters. The molecule has 2 aromatic carbocycles. The fraction of sp³-hybridized carbons (Fsp3) is 0.391. The van der Waals surface area contributed by atoms with Crippen molar-refractivity contribution in [1.82, 2.24) is 4.98 Å². The lowest BCUT2D eigenvalue weighted by Crippen LogP contribution is -2.38. The molecule has 0 radical (unpaired) electrons. The molecule has 1 aliphatic rings. The lowest BCUT2D eigenvalue weighted by atomic mass is 10.1. The third-order valence-corrected chi connectivity index (χ3v) is 6.36. The van der Waals surface area contributed by atoms with Crippen molar-refractivity contribution in [3.05, 3.63) is 42.0 Å². The van der Waals surface area contributed by atoms with Crippen LogP contribution in [0.5, 0.6) is 17.2 Å². The minimum absolute atomic E-state index is 0.0240. The summed E-state index contributed by atoms with van der Waals surface area (Å²) in [6.45, 7) is 1.22. The van der Waals surface area contributed by atoms with Gasteiger partial charge in [-0.15, -0.1) is 0 Å². The van der Waals surface area contributed by atoms with E-state index in [1.165, 1.54) is 11.3 Å². The molecular weight excluding hydrogens is 416 g/mol. The van der Waals surface area contributed by atoms with Crippen molar-refractivity contribution >= 4 is 32.6 Å². The van der Waals surface area contributed by atoms with Gasteiger partial charge in [-0.2, -0.15) is 0 Å². The van der Waals surface area contributed by atoms with Crippen LogP contribution in [0.25, 0.3) is 10.2 Å². The first kappa shape index (κ1) is 21.4. The van der Waals surface area contributed by atoms with E-state index < -0.39 is 0 Å². The van der Waals surface area contributed by atoms with Crippen LogP contribution >= 0.6 is 11.3 Å². The number of carbonyl (C=O) groups is 1. The largest absolute Gasteiger partial charge is 0.493 e. The molecule has 0 saturated carbocycles. The number of hydrogen-bond donors (Lipinski definition) is 0. The summed E-state index contributed by atoms with van der Waals surface area (Å²) in [4.78, 5) is 19.9. The van der Waals surface area contributed by atoms with Crippen molar-refractivity contribution in [3.8, 4) is 17.2 Å². The molecule has 0 aliphatic carbocycles. The summed E-state index contributed by atoms with van der Waals surface area (Å²) in [5.41, 5.74) is 1.67. The maximum Gasteiger partial charge on any atom is 0.233 e. The van der Waals surface area contributed by atoms with Crippen molar-refractivity contribution in [1.29, 1.82) is 0 Å². The first-order valence-corrected chi connectivity index (χ1v) is 11.0. The van der Waals surface area contributed by atoms with Gasteiger partial charge in [0, 0.05) is 6.61 Å². The molecule has 1 amide bonds. The van der Waals surface area contributed by atoms with Crippen LogP contribution < -0.4 is 19.1 Å². The highest BCUT2D eigenvalue weighted by Gasteiger charge is 2.27. The highest BCUT2D eigenvalue weighted by Crippen LogP contribution is 2.38. The van der Waals surface area contributed by atoms with Gasteiger partial charge in [-0.25, -0.2) is 4.98 Å². The lowest BCUT2D eigenvalue weighted by molar-refractivity contribution is -0.118. The summed E-state index contributed by atoms with van der Waals surface area (Å²) in [7, 11) is 4.68. The van der Waals surface area contributed by atoms with Crippen LogP contribution in [0.3, 0.4) is 0 Å². The molecule has 3 aromatic rings. The molecular formula is C23H26N2O5S. The summed E-state index contributed by atoms with van der Waals surface area (Å²) in [5, 5.41) is 0.689. The number of methoxy groups -OCH3 is 3. The zero-order valence-electron chi connectivity index (χ0n) is 17.9. The van der Waals surface area contributed by atoms with Crippen LogP contribution in [0.2, 0.25) is 0 Å². The van der Waals surface area contributed by atoms with Gasteiger partial charge in [-0.3, -0.25) is 9.69 Å². The molecule has 7 nitrogen and oxygen atoms in total. The summed E-state index contributed by atoms with van der Waals surface area (Å²) < 4.78 is 23.1. The minimum Gasteiger partial charge on any atom is -0.493 e. The predicted molar refractivity (Wildman–Crippen MR) is 121 cm³/mol. The molecule has 31 heavy (non-hydrogen) atoms. The van der Waals surface area contributed by atoms with Gasteiger partial charge in [-0.05, 0) is 42.7 Å². The van der Waals surface area contributed by atoms with E-state index in [0.717, 1.165) is 35.2 Å². The molecule has 1 aliphatic heterocycles. The number of anilines is 1. The van der Waals surface area contributed by atoms with Gasteiger partial charge in [0.15, 0.2) is 16.6 Å². The molecule has 0 bridgehead atoms. The van der Waals surface area contributed by atoms with E-state index in [4.69, 9.17) is 23.9 Å². The number of thiazole rings is 1. The number of ether oxygens (including phenoxy) is 4. The van der Waals surface area contributed by atoms with Gasteiger partial charge < -0.3 is 18.9 Å². The fourth-order valence-electron chi connectivity index (χ4n) is 3.76. The van der Waals surface area contributed by atoms with E-state index in [9.17, 15) is 4.79 Å². The number of fused-ring (bicyclic) bond motifs is 1. The lowest BCUT2D eigenvalue weighted by Gasteiger charge is -2.23. The number of para-hydroxylation sites is 1. The van der Waals surface area contributed by atoms with Crippen LogP contribution in [0.1, 0.15) is 18.4 Å². The zero-order chi connectivity index (χ0) is 21.8. The Morgan fingerprint density at radius 1 is 1.16 bits per heavy atom. The van der Waals surface area contributed by atoms with Gasteiger partial charge in [0.25, 0.3) is 0 Å². The number of aromatic nitrogens is 1. The van der Waals surface area contributed by atoms with Crippen LogP contribution in [-0.2, 0) is 16.0 Å². The van der Waals surface area contributed by atoms with E-state index in [1.54, 1.807) is 26.2 Å². The molecule has 1 saturated heterocycles. The van der Waals surface area contributed by atoms with Crippen LogP contribution in [0.15, 0.2) is 36.4 Å². The number of nitrogens with zero attached hydrogens (tertiary/aromatic N) is 2. The normalized spacial score (nSPS) is 15.8. The molecule has 0 spiro atoms. The Bertz CT molecular complexity index is 1000. The van der Waals surface area contributed by atoms with Gasteiger partial charge >= 0.3 is 0 Å². The SMILES string of the molecule is COc1cc(CC(=O)N(CC2CCCO2)c2nc3ccccc3s2)cc(OC)c1OC. The number of carbonyl (C=O) groups excluding carboxylic acids is 1. The second-order valence-electron chi connectivity index (χ2n) is 7.31. The topological polar surface area (TPSA) is 70.1 Å². The van der Waals surface area contributed by atoms with E-state index in [1.807, 2.05) is 36.4 Å². The zero-order valence-corrected chi connectivity index (χ0v) is 18.7. The summed E-state index contributed by atoms with van der Waals surface area (Å²) in [6, 6.07) is 11.5. The van der Waals surface area contributed by atoms with Crippen molar-refractivity contribution < 1.29 is 23.7 Å². The Labute approximate surface area is 185 Å². The third kappa shape index (κ3) is 4.60. The summed E-state index contributed by atoms with van der Waals surface area (Å²) in [6.07, 6.45) is 2.16. The van der Waals surface area contributed by atoms with Crippen LogP contribution in [0.4, 0.5) is 5.13 Å². The molecule has 2 heterocycles. The molecule has 1 unspecified atom stereocenters. The van der Waals surface area contributed by atoms with Crippen molar-refractivity contribution in [3.63, 3.8) is 0 Å². The van der Waals surface area contributed by atoms with Crippen molar-refractivity contribution in [2.45, 2.75) is 25.4 Å². The third-order valence-electron chi connectivity index (χ3n) is 5.30. The summed E-state index contributed by atoms with van der Waals surface area (Å²) in [5.74, 6) is 1.50. The monoisotopic (exact) mass is 442 g/mol. The van der Waals surface area contributed by atoms with Crippen molar-refractivity contribution in [2.24, 2.45) is 0 Å². The summed E-state index contributed by atoms with van der Waals surface area (Å²) >= 11 is 1.52. The Kier molecular flexibility index (Phi) is 6.58. The van der Waals surface area contributed by atoms with E-state index in [0.29, 0.717) is 28.9 Å². The van der Waals surface area contributed by atoms with E-state index in [-0.39, 0.29) is 18.4 Å². The minimum atomic E-state index is -0.0520. The maximum absolute atomic E-state index is 13.5. The molecule has 1 aromatic heterocycles. The second-order valence-corrected chi connectivity index (χ2v) is 8.32. The van der Waals surface area contributed by atoms with Crippen LogP contribution in [-0.4, -0.2) is 51.5 Å². The smallest absolute Gasteiger partial charge is 0.233 e. The predicted octanol–water partition coefficient (Wildman–Crippen LogP) is 4.08. The highest BCUT2D eigenvalue weighted by atomic mass is 32.1. The van der Waals surface area contributed by atoms with Gasteiger partial charge in [-0.1, -0.05) is 23.5 Å². The first-order valence-electron chi connectivity index (χ1n) is 10.2. The first-order chi connectivity index (χ1) is 15.1. The molecule has 4 rings (SSSR count). The van der Waals surface area contributed by atoms with Gasteiger partial charge in [0.05, 0.1) is 50.6 Å². The Hall–Kier alpha value is -2.84. The Morgan fingerprint density at radius 3 is 2.52 bits per heavy atom. The van der Waals surface area contributed by atoms with Gasteiger partial charge in [0.1, 0.15) is 0 Å². The average molecular weight is 443 g/mol. The number of benzene rings is 2. The standard InChI is InChI=1S/C23H26N2O5S/c1-27-18-11-15(12-19(28-2)22(18)29-3)13-21(26)25(14-16-7-6-10-30-16)23-24-17-8-4-5-9-20(17)31-23/h4-5,8-9,11-12,16H,6-7,10,13-14H2,1-3H3.